The predicted octanol–water partition coefficient (Wildman–Crippen LogP) is 2.50. The Hall–Kier alpha value is -0.460. The van der Waals surface area contributed by atoms with Gasteiger partial charge in [-0.1, -0.05) is 26.8 Å². The highest BCUT2D eigenvalue weighted by Gasteiger charge is 1.69. The predicted molar refractivity (Wildman–Crippen MR) is 44.5 cm³/mol. The van der Waals surface area contributed by atoms with Crippen molar-refractivity contribution >= 4 is 0 Å². The number of hydrogen-bond acceptors (Lipinski definition) is 1. The van der Waals surface area contributed by atoms with Crippen LogP contribution in [0, 0.1) is 0 Å². The van der Waals surface area contributed by atoms with Crippen LogP contribution in [0.5, 0.6) is 0 Å². The zero-order chi connectivity index (χ0) is 7.70. The highest BCUT2D eigenvalue weighted by molar-refractivity contribution is 4.76. The van der Waals surface area contributed by atoms with Gasteiger partial charge in [0.1, 0.15) is 0 Å². The Bertz CT molecular complexity index is 55.6. The van der Waals surface area contributed by atoms with Gasteiger partial charge < -0.3 is 4.90 Å². The van der Waals surface area contributed by atoms with Crippen LogP contribution >= 0.6 is 0 Å². The average molecular weight is 129 g/mol. The third-order valence-electron chi connectivity index (χ3n) is 0.639. The summed E-state index contributed by atoms with van der Waals surface area (Å²) in [4.78, 5) is 2.03. The van der Waals surface area contributed by atoms with Crippen LogP contribution < -0.4 is 0 Å². The van der Waals surface area contributed by atoms with Crippen LogP contribution in [0.25, 0.3) is 0 Å². The van der Waals surface area contributed by atoms with E-state index >= 15 is 0 Å². The summed E-state index contributed by atoms with van der Waals surface area (Å²) in [7, 11) is 4.04. The van der Waals surface area contributed by atoms with Crippen molar-refractivity contribution in [3.05, 3.63) is 12.3 Å². The quantitative estimate of drug-likeness (QED) is 0.553. The zero-order valence-corrected chi connectivity index (χ0v) is 7.31. The molecule has 9 heavy (non-hydrogen) atoms. The minimum Gasteiger partial charge on any atom is -0.384 e. The van der Waals surface area contributed by atoms with Gasteiger partial charge in [0, 0.05) is 14.1 Å². The lowest BCUT2D eigenvalue weighted by molar-refractivity contribution is 0.561. The molecule has 0 fully saturated rings. The van der Waals surface area contributed by atoms with Crippen LogP contribution in [0.15, 0.2) is 12.3 Å². The molecule has 0 saturated carbocycles. The molecule has 1 heteroatoms. The second kappa shape index (κ2) is 10.5. The van der Waals surface area contributed by atoms with Crippen LogP contribution in [0.2, 0.25) is 0 Å². The van der Waals surface area contributed by atoms with Gasteiger partial charge >= 0.3 is 0 Å². The molecule has 0 atom stereocenters. The van der Waals surface area contributed by atoms with Crippen molar-refractivity contribution in [2.24, 2.45) is 0 Å². The summed E-state index contributed by atoms with van der Waals surface area (Å²) in [5, 5.41) is 0. The fourth-order valence-corrected chi connectivity index (χ4v) is 0.316. The molecule has 0 spiro atoms. The second-order valence-electron chi connectivity index (χ2n) is 1.76. The van der Waals surface area contributed by atoms with E-state index in [1.165, 1.54) is 0 Å². The lowest BCUT2D eigenvalue weighted by Crippen LogP contribution is -1.99. The Labute approximate surface area is 59.4 Å². The maximum Gasteiger partial charge on any atom is 0.00555 e. The molecule has 0 saturated heterocycles. The largest absolute Gasteiger partial charge is 0.384 e. The Balaban J connectivity index is 0. The SMILES string of the molecule is CC.CC/C=C\N(C)C. The van der Waals surface area contributed by atoms with Crippen LogP contribution in [0.3, 0.4) is 0 Å². The molecule has 1 nitrogen and oxygen atoms in total. The fraction of sp³-hybridized carbons (Fsp3) is 0.750. The van der Waals surface area contributed by atoms with E-state index in [2.05, 4.69) is 19.2 Å². The minimum atomic E-state index is 1.12. The molecule has 0 aliphatic rings. The third-order valence-corrected chi connectivity index (χ3v) is 0.639. The molecule has 0 N–H and O–H groups in total. The van der Waals surface area contributed by atoms with Crippen LogP contribution in [0.1, 0.15) is 27.2 Å². The van der Waals surface area contributed by atoms with Crippen LogP contribution in [-0.2, 0) is 0 Å². The lowest BCUT2D eigenvalue weighted by Gasteiger charge is -2.00. The Morgan fingerprint density at radius 1 is 1.22 bits per heavy atom. The maximum atomic E-state index is 2.12. The van der Waals surface area contributed by atoms with Crippen LogP contribution in [-0.4, -0.2) is 19.0 Å². The summed E-state index contributed by atoms with van der Waals surface area (Å²) in [5.41, 5.74) is 0. The van der Waals surface area contributed by atoms with E-state index in [1.807, 2.05) is 32.8 Å². The molecule has 0 rings (SSSR count). The molecular weight excluding hydrogens is 110 g/mol. The molecule has 0 bridgehead atoms. The van der Waals surface area contributed by atoms with Crippen molar-refractivity contribution < 1.29 is 0 Å². The third kappa shape index (κ3) is 18.5. The van der Waals surface area contributed by atoms with E-state index < -0.39 is 0 Å². The summed E-state index contributed by atoms with van der Waals surface area (Å²) < 4.78 is 0. The normalized spacial score (nSPS) is 8.56. The molecule has 0 radical (unpaired) electrons. The van der Waals surface area contributed by atoms with E-state index in [-0.39, 0.29) is 0 Å². The lowest BCUT2D eigenvalue weighted by atomic mass is 10.5. The molecule has 56 valence electrons. The van der Waals surface area contributed by atoms with Crippen molar-refractivity contribution in [2.75, 3.05) is 14.1 Å². The Morgan fingerprint density at radius 3 is 1.78 bits per heavy atom. The topological polar surface area (TPSA) is 3.24 Å². The molecule has 0 aromatic rings. The summed E-state index contributed by atoms with van der Waals surface area (Å²) in [6, 6.07) is 0. The first-order valence-electron chi connectivity index (χ1n) is 3.60. The van der Waals surface area contributed by atoms with E-state index in [1.54, 1.807) is 0 Å². The van der Waals surface area contributed by atoms with Gasteiger partial charge in [-0.15, -0.1) is 0 Å². The van der Waals surface area contributed by atoms with Crippen molar-refractivity contribution in [1.82, 2.24) is 4.90 Å². The van der Waals surface area contributed by atoms with Gasteiger partial charge in [-0.3, -0.25) is 0 Å². The Kier molecular flexibility index (Phi) is 13.3. The first kappa shape index (κ1) is 11.4. The smallest absolute Gasteiger partial charge is 0.00555 e. The van der Waals surface area contributed by atoms with Gasteiger partial charge in [-0.05, 0) is 12.6 Å². The van der Waals surface area contributed by atoms with Crippen LogP contribution in [0.4, 0.5) is 0 Å². The number of nitrogens with zero attached hydrogens (tertiary/aromatic N) is 1. The van der Waals surface area contributed by atoms with E-state index in [0.717, 1.165) is 6.42 Å². The van der Waals surface area contributed by atoms with Gasteiger partial charge in [0.15, 0.2) is 0 Å². The van der Waals surface area contributed by atoms with E-state index in [0.29, 0.717) is 0 Å². The van der Waals surface area contributed by atoms with Gasteiger partial charge in [0.2, 0.25) is 0 Å². The fourth-order valence-electron chi connectivity index (χ4n) is 0.316. The molecular formula is C8H19N. The van der Waals surface area contributed by atoms with Crippen molar-refractivity contribution in [3.63, 3.8) is 0 Å². The highest BCUT2D eigenvalue weighted by Crippen LogP contribution is 1.80. The van der Waals surface area contributed by atoms with Gasteiger partial charge in [-0.25, -0.2) is 0 Å². The number of hydrogen-bond donors (Lipinski definition) is 0. The molecule has 0 aliphatic carbocycles. The standard InChI is InChI=1S/C6H13N.C2H6/c1-4-5-6-7(2)3;1-2/h5-6H,4H2,1-3H3;1-2H3/b6-5-;. The Morgan fingerprint density at radius 2 is 1.67 bits per heavy atom. The van der Waals surface area contributed by atoms with Gasteiger partial charge in [0.05, 0.1) is 0 Å². The maximum absolute atomic E-state index is 2.12. The molecule has 0 amide bonds. The van der Waals surface area contributed by atoms with Crippen molar-refractivity contribution in [1.29, 1.82) is 0 Å². The van der Waals surface area contributed by atoms with Gasteiger partial charge in [-0.2, -0.15) is 0 Å². The summed E-state index contributed by atoms with van der Waals surface area (Å²) >= 11 is 0. The zero-order valence-electron chi connectivity index (χ0n) is 7.31. The molecule has 0 aromatic carbocycles. The molecule has 0 heterocycles. The van der Waals surface area contributed by atoms with Gasteiger partial charge in [0.25, 0.3) is 0 Å². The first-order chi connectivity index (χ1) is 4.27. The summed E-state index contributed by atoms with van der Waals surface area (Å²) in [6.07, 6.45) is 5.30. The molecule has 0 unspecified atom stereocenters. The summed E-state index contributed by atoms with van der Waals surface area (Å²) in [5.74, 6) is 0. The number of allylic oxidation sites excluding steroid dienone is 1. The highest BCUT2D eigenvalue weighted by atomic mass is 15.0. The van der Waals surface area contributed by atoms with Crippen molar-refractivity contribution in [2.45, 2.75) is 27.2 Å². The first-order valence-corrected chi connectivity index (χ1v) is 3.60. The summed E-state index contributed by atoms with van der Waals surface area (Å²) in [6.45, 7) is 6.12. The van der Waals surface area contributed by atoms with E-state index in [4.69, 9.17) is 0 Å². The number of rotatable bonds is 2. The average Bonchev–Trinajstić information content (AvgIpc) is 1.88. The monoisotopic (exact) mass is 129 g/mol. The minimum absolute atomic E-state index is 1.12. The second-order valence-corrected chi connectivity index (χ2v) is 1.76. The molecule has 0 aliphatic heterocycles. The molecule has 0 aromatic heterocycles. The van der Waals surface area contributed by atoms with Crippen molar-refractivity contribution in [3.8, 4) is 0 Å². The van der Waals surface area contributed by atoms with E-state index in [9.17, 15) is 0 Å².